The summed E-state index contributed by atoms with van der Waals surface area (Å²) in [7, 11) is 1.32. The van der Waals surface area contributed by atoms with Gasteiger partial charge in [0, 0.05) is 94.2 Å². The Kier molecular flexibility index (Phi) is 15.3. The van der Waals surface area contributed by atoms with Crippen LogP contribution in [-0.2, 0) is 9.53 Å². The van der Waals surface area contributed by atoms with Crippen LogP contribution in [0.2, 0.25) is 0 Å². The van der Waals surface area contributed by atoms with E-state index in [0.29, 0.717) is 12.3 Å². The van der Waals surface area contributed by atoms with Crippen LogP contribution in [0.4, 0.5) is 0 Å². The van der Waals surface area contributed by atoms with Gasteiger partial charge in [0.05, 0.1) is 19.1 Å². The van der Waals surface area contributed by atoms with Gasteiger partial charge < -0.3 is 21.3 Å². The average molecular weight is 725 g/mol. The molecule has 5 nitrogen and oxygen atoms in total. The Bertz CT molecular complexity index is 304. The van der Waals surface area contributed by atoms with Crippen molar-refractivity contribution in [3.63, 3.8) is 0 Å². The number of ether oxygens (including phenoxy) is 1. The van der Waals surface area contributed by atoms with Gasteiger partial charge in [0.15, 0.2) is 0 Å². The Morgan fingerprint density at radius 1 is 1.38 bits per heavy atom. The molecule has 1 fully saturated rings. The Labute approximate surface area is 199 Å². The molecule has 21 heavy (non-hydrogen) atoms. The van der Waals surface area contributed by atoms with Crippen molar-refractivity contribution in [1.82, 2.24) is 0 Å². The Hall–Kier alpha value is 2.23. The van der Waals surface area contributed by atoms with Gasteiger partial charge in [-0.1, -0.05) is 33.1 Å². The fraction of sp³-hybridized carbons (Fsp3) is 0.929. The number of nitrogens with one attached hydrogen (secondary N) is 1. The van der Waals surface area contributed by atoms with Crippen LogP contribution in [0.25, 0.3) is 5.73 Å². The topological polar surface area (TPSA) is 96.4 Å². The van der Waals surface area contributed by atoms with Gasteiger partial charge in [-0.15, -0.1) is 6.04 Å². The first-order valence-corrected chi connectivity index (χ1v) is 7.18. The van der Waals surface area contributed by atoms with Crippen molar-refractivity contribution in [2.24, 2.45) is 23.5 Å². The summed E-state index contributed by atoms with van der Waals surface area (Å²) in [6.07, 6.45) is 2.36. The van der Waals surface area contributed by atoms with Crippen LogP contribution in [0, 0.1) is 106 Å². The second kappa shape index (κ2) is 12.6. The second-order valence-electron chi connectivity index (χ2n) is 5.62. The van der Waals surface area contributed by atoms with Crippen LogP contribution >= 0.6 is 0 Å². The van der Waals surface area contributed by atoms with E-state index >= 15 is 0 Å². The number of aliphatic hydroxyl groups is 1. The zero-order valence-corrected chi connectivity index (χ0v) is 22.8. The summed E-state index contributed by atoms with van der Waals surface area (Å²) in [5.41, 5.74) is 14.3. The van der Waals surface area contributed by atoms with Gasteiger partial charge in [-0.2, -0.15) is 0 Å². The predicted octanol–water partition coefficient (Wildman–Crippen LogP) is 1.73. The summed E-state index contributed by atoms with van der Waals surface area (Å²) in [6, 6.07) is -0.708. The van der Waals surface area contributed by atoms with Crippen molar-refractivity contribution in [1.29, 1.82) is 0 Å². The average Bonchev–Trinajstić information content (AvgIpc) is 2.70. The summed E-state index contributed by atoms with van der Waals surface area (Å²) in [5, 5.41) is 10.2. The summed E-state index contributed by atoms with van der Waals surface area (Å²) >= 11 is 0. The first kappa shape index (κ1) is 25.5. The monoisotopic (exact) mass is 725 g/mol. The van der Waals surface area contributed by atoms with Crippen molar-refractivity contribution in [2.45, 2.75) is 57.7 Å². The van der Waals surface area contributed by atoms with Crippen LogP contribution in [0.3, 0.4) is 0 Å². The fourth-order valence-electron chi connectivity index (χ4n) is 3.17. The molecule has 0 aromatic carbocycles. The third kappa shape index (κ3) is 6.93. The molecule has 118 valence electrons. The van der Waals surface area contributed by atoms with E-state index in [2.05, 4.69) is 18.6 Å². The number of aliphatic hydroxyl groups excluding tert-OH is 1. The van der Waals surface area contributed by atoms with Crippen LogP contribution in [0.5, 0.6) is 0 Å². The first-order valence-electron chi connectivity index (χ1n) is 7.18. The Morgan fingerprint density at radius 2 is 1.90 bits per heavy atom. The maximum Gasteiger partial charge on any atom is 0.311 e. The van der Waals surface area contributed by atoms with Crippen molar-refractivity contribution < 1.29 is 103 Å². The minimum Gasteiger partial charge on any atom is -0.674 e. The quantitative estimate of drug-likeness (QED) is 0.409. The summed E-state index contributed by atoms with van der Waals surface area (Å²) in [4.78, 5) is 11.6. The molecule has 0 spiro atoms. The Morgan fingerprint density at radius 3 is 2.33 bits per heavy atom. The predicted molar refractivity (Wildman–Crippen MR) is 74.4 cm³/mol. The van der Waals surface area contributed by atoms with Crippen molar-refractivity contribution in [2.75, 3.05) is 7.11 Å². The Balaban J connectivity index is 0. The molecule has 1 aliphatic rings. The van der Waals surface area contributed by atoms with Crippen LogP contribution in [0.15, 0.2) is 0 Å². The molecule has 0 aromatic heterocycles. The minimum atomic E-state index is -0.848. The minimum absolute atomic E-state index is 0. The maximum atomic E-state index is 11.6. The molecular formula is C14H27Ac2N2O3-. The van der Waals surface area contributed by atoms with Gasteiger partial charge in [0.25, 0.3) is 0 Å². The normalized spacial score (nSPS) is 29.5. The molecule has 0 heterocycles. The van der Waals surface area contributed by atoms with Crippen LogP contribution in [-0.4, -0.2) is 36.4 Å². The summed E-state index contributed by atoms with van der Waals surface area (Å²) in [5.74, 6) is -0.830. The van der Waals surface area contributed by atoms with Gasteiger partial charge >= 0.3 is 5.97 Å². The molecule has 1 saturated carbocycles. The van der Waals surface area contributed by atoms with E-state index in [4.69, 9.17) is 11.5 Å². The molecule has 1 rings (SSSR count). The van der Waals surface area contributed by atoms with E-state index < -0.39 is 24.0 Å². The van der Waals surface area contributed by atoms with E-state index in [1.165, 1.54) is 7.11 Å². The number of hydrogen-bond donors (Lipinski definition) is 2. The van der Waals surface area contributed by atoms with Crippen molar-refractivity contribution in [3.8, 4) is 0 Å². The van der Waals surface area contributed by atoms with Crippen LogP contribution in [0.1, 0.15) is 39.5 Å². The number of rotatable bonds is 6. The number of carbonyl (C=O) groups is 1. The molecule has 5 atom stereocenters. The third-order valence-corrected chi connectivity index (χ3v) is 4.54. The zero-order valence-electron chi connectivity index (χ0n) is 13.3. The first-order chi connectivity index (χ1) is 8.96. The molecule has 5 unspecified atom stereocenters. The SMILES string of the molecule is CCC(CC)CC([NH-])C1C(N)CC(C(=O)OC)C1O.[Ac].[Ac]. The zero-order chi connectivity index (χ0) is 14.6. The second-order valence-corrected chi connectivity index (χ2v) is 5.62. The van der Waals surface area contributed by atoms with Crippen molar-refractivity contribution >= 4 is 5.97 Å². The molecule has 7 heteroatoms. The summed E-state index contributed by atoms with van der Waals surface area (Å²) in [6.45, 7) is 4.23. The van der Waals surface area contributed by atoms with Gasteiger partial charge in [-0.3, -0.25) is 4.79 Å². The molecule has 2 radical (unpaired) electrons. The molecule has 1 aliphatic carbocycles. The largest absolute Gasteiger partial charge is 0.674 e. The fourth-order valence-corrected chi connectivity index (χ4v) is 3.17. The maximum absolute atomic E-state index is 11.6. The van der Waals surface area contributed by atoms with E-state index in [-0.39, 0.29) is 100 Å². The third-order valence-electron chi connectivity index (χ3n) is 4.54. The van der Waals surface area contributed by atoms with Gasteiger partial charge in [0.1, 0.15) is 0 Å². The van der Waals surface area contributed by atoms with E-state index in [1.807, 2.05) is 0 Å². The molecule has 0 bridgehead atoms. The van der Waals surface area contributed by atoms with E-state index in [0.717, 1.165) is 19.3 Å². The van der Waals surface area contributed by atoms with Gasteiger partial charge in [0.2, 0.25) is 0 Å². The molecular weight excluding hydrogens is 698 g/mol. The van der Waals surface area contributed by atoms with Crippen molar-refractivity contribution in [3.05, 3.63) is 5.73 Å². The standard InChI is InChI=1S/C14H27N2O3.2Ac/c1-4-8(5-2)6-10(15)12-11(16)7-9(13(12)17)14(18)19-3;;/h8-13,15,17H,4-7,16H2,1-3H3;;/q-1;;. The molecule has 0 amide bonds. The van der Waals surface area contributed by atoms with Gasteiger partial charge in [-0.05, 0) is 18.3 Å². The number of carbonyl (C=O) groups excluding carboxylic acids is 1. The van der Waals surface area contributed by atoms with Gasteiger partial charge in [-0.25, -0.2) is 0 Å². The molecule has 0 saturated heterocycles. The molecule has 4 N–H and O–H groups in total. The number of hydrogen-bond acceptors (Lipinski definition) is 4. The smallest absolute Gasteiger partial charge is 0.311 e. The number of methoxy groups -OCH3 is 1. The molecule has 0 aliphatic heterocycles. The number of esters is 1. The number of nitrogens with two attached hydrogens (primary N) is 1. The molecule has 0 aromatic rings. The van der Waals surface area contributed by atoms with E-state index in [1.54, 1.807) is 0 Å². The summed E-state index contributed by atoms with van der Waals surface area (Å²) < 4.78 is 4.69. The van der Waals surface area contributed by atoms with Crippen LogP contribution < -0.4 is 5.73 Å². The van der Waals surface area contributed by atoms with E-state index in [9.17, 15) is 9.90 Å².